The third-order valence-corrected chi connectivity index (χ3v) is 4.52. The summed E-state index contributed by atoms with van der Waals surface area (Å²) in [7, 11) is 1.65. The molecular weight excluding hydrogens is 252 g/mol. The van der Waals surface area contributed by atoms with E-state index in [9.17, 15) is 9.90 Å². The number of benzene rings is 1. The van der Waals surface area contributed by atoms with Gasteiger partial charge in [-0.25, -0.2) is 0 Å². The standard InChI is InChI=1S/C17H24O3/c1-12(2)14-8-7-13(11-15(14)20-3)17(16(18)19)9-5-4-6-10-17/h7-8,11-12H,4-6,9-10H2,1-3H3,(H,18,19). The smallest absolute Gasteiger partial charge is 0.314 e. The quantitative estimate of drug-likeness (QED) is 0.900. The van der Waals surface area contributed by atoms with Crippen molar-refractivity contribution in [2.75, 3.05) is 7.11 Å². The molecule has 2 rings (SSSR count). The Balaban J connectivity index is 2.47. The van der Waals surface area contributed by atoms with Gasteiger partial charge in [-0.15, -0.1) is 0 Å². The molecular formula is C17H24O3. The molecule has 3 nitrogen and oxygen atoms in total. The molecule has 1 aromatic rings. The molecule has 3 heteroatoms. The summed E-state index contributed by atoms with van der Waals surface area (Å²) < 4.78 is 5.47. The highest BCUT2D eigenvalue weighted by molar-refractivity contribution is 5.81. The average Bonchev–Trinajstić information content (AvgIpc) is 2.46. The van der Waals surface area contributed by atoms with Gasteiger partial charge in [-0.05, 0) is 36.0 Å². The molecule has 110 valence electrons. The van der Waals surface area contributed by atoms with Crippen LogP contribution in [-0.4, -0.2) is 18.2 Å². The minimum absolute atomic E-state index is 0.367. The van der Waals surface area contributed by atoms with Crippen molar-refractivity contribution >= 4 is 5.97 Å². The Morgan fingerprint density at radius 1 is 1.25 bits per heavy atom. The minimum atomic E-state index is -0.721. The van der Waals surface area contributed by atoms with E-state index in [-0.39, 0.29) is 0 Å². The van der Waals surface area contributed by atoms with Gasteiger partial charge in [0.1, 0.15) is 5.75 Å². The summed E-state index contributed by atoms with van der Waals surface area (Å²) in [5, 5.41) is 9.74. The molecule has 1 fully saturated rings. The zero-order valence-corrected chi connectivity index (χ0v) is 12.6. The molecule has 1 aliphatic rings. The van der Waals surface area contributed by atoms with Gasteiger partial charge in [0.25, 0.3) is 0 Å². The van der Waals surface area contributed by atoms with E-state index in [1.54, 1.807) is 7.11 Å². The summed E-state index contributed by atoms with van der Waals surface area (Å²) in [5.41, 5.74) is 1.31. The number of aliphatic carboxylic acids is 1. The van der Waals surface area contributed by atoms with Crippen molar-refractivity contribution in [3.8, 4) is 5.75 Å². The van der Waals surface area contributed by atoms with E-state index >= 15 is 0 Å². The van der Waals surface area contributed by atoms with E-state index in [0.29, 0.717) is 5.92 Å². The first-order valence-electron chi connectivity index (χ1n) is 7.43. The van der Waals surface area contributed by atoms with E-state index in [0.717, 1.165) is 49.0 Å². The number of hydrogen-bond donors (Lipinski definition) is 1. The predicted octanol–water partition coefficient (Wildman–Crippen LogP) is 4.11. The highest BCUT2D eigenvalue weighted by atomic mass is 16.5. The van der Waals surface area contributed by atoms with Crippen molar-refractivity contribution in [1.29, 1.82) is 0 Å². The van der Waals surface area contributed by atoms with Crippen LogP contribution in [0.1, 0.15) is 63.0 Å². The molecule has 1 aromatic carbocycles. The molecule has 0 bridgehead atoms. The summed E-state index contributed by atoms with van der Waals surface area (Å²) in [6.07, 6.45) is 4.57. The second-order valence-electron chi connectivity index (χ2n) is 6.06. The van der Waals surface area contributed by atoms with Crippen molar-refractivity contribution in [1.82, 2.24) is 0 Å². The number of methoxy groups -OCH3 is 1. The molecule has 0 heterocycles. The Kier molecular flexibility index (Phi) is 4.36. The van der Waals surface area contributed by atoms with Crippen molar-refractivity contribution in [2.45, 2.75) is 57.3 Å². The first-order valence-corrected chi connectivity index (χ1v) is 7.43. The summed E-state index contributed by atoms with van der Waals surface area (Å²) in [6, 6.07) is 5.95. The molecule has 0 radical (unpaired) electrons. The van der Waals surface area contributed by atoms with E-state index in [1.807, 2.05) is 18.2 Å². The molecule has 0 aromatic heterocycles. The molecule has 0 spiro atoms. The minimum Gasteiger partial charge on any atom is -0.496 e. The van der Waals surface area contributed by atoms with Gasteiger partial charge >= 0.3 is 5.97 Å². The Hall–Kier alpha value is -1.51. The van der Waals surface area contributed by atoms with Crippen LogP contribution < -0.4 is 4.74 Å². The number of carboxylic acids is 1. The summed E-state index contributed by atoms with van der Waals surface area (Å²) in [5.74, 6) is 0.478. The number of carboxylic acid groups (broad SMARTS) is 1. The zero-order chi connectivity index (χ0) is 14.8. The van der Waals surface area contributed by atoms with Crippen molar-refractivity contribution in [3.05, 3.63) is 29.3 Å². The Morgan fingerprint density at radius 2 is 1.90 bits per heavy atom. The summed E-state index contributed by atoms with van der Waals surface area (Å²) in [4.78, 5) is 11.9. The predicted molar refractivity (Wildman–Crippen MR) is 79.5 cm³/mol. The number of rotatable bonds is 4. The van der Waals surface area contributed by atoms with Crippen molar-refractivity contribution in [2.24, 2.45) is 0 Å². The van der Waals surface area contributed by atoms with Crippen molar-refractivity contribution in [3.63, 3.8) is 0 Å². The van der Waals surface area contributed by atoms with Gasteiger partial charge in [0.15, 0.2) is 0 Å². The molecule has 1 saturated carbocycles. The lowest BCUT2D eigenvalue weighted by molar-refractivity contribution is -0.145. The van der Waals surface area contributed by atoms with Crippen LogP contribution in [0.3, 0.4) is 0 Å². The maximum absolute atomic E-state index is 11.9. The second-order valence-corrected chi connectivity index (χ2v) is 6.06. The topological polar surface area (TPSA) is 46.5 Å². The lowest BCUT2D eigenvalue weighted by atomic mass is 9.69. The average molecular weight is 276 g/mol. The Morgan fingerprint density at radius 3 is 2.40 bits per heavy atom. The number of ether oxygens (including phenoxy) is 1. The maximum Gasteiger partial charge on any atom is 0.314 e. The number of hydrogen-bond acceptors (Lipinski definition) is 2. The molecule has 20 heavy (non-hydrogen) atoms. The highest BCUT2D eigenvalue weighted by Gasteiger charge is 2.41. The van der Waals surface area contributed by atoms with Crippen LogP contribution in [0.4, 0.5) is 0 Å². The lowest BCUT2D eigenvalue weighted by Gasteiger charge is -2.34. The van der Waals surface area contributed by atoms with Gasteiger partial charge < -0.3 is 9.84 Å². The summed E-state index contributed by atoms with van der Waals surface area (Å²) >= 11 is 0. The van der Waals surface area contributed by atoms with Crippen LogP contribution in [0.5, 0.6) is 5.75 Å². The molecule has 0 unspecified atom stereocenters. The lowest BCUT2D eigenvalue weighted by Crippen LogP contribution is -2.37. The fourth-order valence-corrected chi connectivity index (χ4v) is 3.27. The van der Waals surface area contributed by atoms with Gasteiger partial charge in [-0.2, -0.15) is 0 Å². The van der Waals surface area contributed by atoms with E-state index in [4.69, 9.17) is 4.74 Å². The molecule has 0 amide bonds. The highest BCUT2D eigenvalue weighted by Crippen LogP contribution is 2.42. The van der Waals surface area contributed by atoms with Gasteiger partial charge in [0, 0.05) is 0 Å². The van der Waals surface area contributed by atoms with Crippen LogP contribution in [0, 0.1) is 0 Å². The van der Waals surface area contributed by atoms with Crippen LogP contribution in [0.2, 0.25) is 0 Å². The van der Waals surface area contributed by atoms with Gasteiger partial charge in [0.2, 0.25) is 0 Å². The fraction of sp³-hybridized carbons (Fsp3) is 0.588. The Labute approximate surface area is 121 Å². The van der Waals surface area contributed by atoms with Gasteiger partial charge in [-0.1, -0.05) is 45.2 Å². The van der Waals surface area contributed by atoms with E-state index in [2.05, 4.69) is 13.8 Å². The third-order valence-electron chi connectivity index (χ3n) is 4.52. The SMILES string of the molecule is COc1cc(C2(C(=O)O)CCCCC2)ccc1C(C)C. The van der Waals surface area contributed by atoms with Crippen molar-refractivity contribution < 1.29 is 14.6 Å². The first kappa shape index (κ1) is 14.9. The third kappa shape index (κ3) is 2.54. The van der Waals surface area contributed by atoms with Crippen LogP contribution >= 0.6 is 0 Å². The molecule has 1 aliphatic carbocycles. The largest absolute Gasteiger partial charge is 0.496 e. The zero-order valence-electron chi connectivity index (χ0n) is 12.6. The Bertz CT molecular complexity index is 485. The monoisotopic (exact) mass is 276 g/mol. The van der Waals surface area contributed by atoms with Gasteiger partial charge in [0.05, 0.1) is 12.5 Å². The molecule has 0 saturated heterocycles. The normalized spacial score (nSPS) is 18.0. The molecule has 0 aliphatic heterocycles. The maximum atomic E-state index is 11.9. The number of carbonyl (C=O) groups is 1. The molecule has 0 atom stereocenters. The van der Waals surface area contributed by atoms with Gasteiger partial charge in [-0.3, -0.25) is 4.79 Å². The van der Waals surface area contributed by atoms with Crippen LogP contribution in [0.25, 0.3) is 0 Å². The van der Waals surface area contributed by atoms with Crippen LogP contribution in [0.15, 0.2) is 18.2 Å². The second kappa shape index (κ2) is 5.86. The van der Waals surface area contributed by atoms with E-state index in [1.165, 1.54) is 0 Å². The fourth-order valence-electron chi connectivity index (χ4n) is 3.27. The van der Waals surface area contributed by atoms with Crippen LogP contribution in [-0.2, 0) is 10.2 Å². The summed E-state index contributed by atoms with van der Waals surface area (Å²) in [6.45, 7) is 4.23. The molecule has 1 N–H and O–H groups in total. The first-order chi connectivity index (χ1) is 9.51. The van der Waals surface area contributed by atoms with E-state index < -0.39 is 11.4 Å².